The van der Waals surface area contributed by atoms with E-state index in [-0.39, 0.29) is 11.7 Å². The van der Waals surface area contributed by atoms with Gasteiger partial charge in [-0.1, -0.05) is 6.07 Å². The summed E-state index contributed by atoms with van der Waals surface area (Å²) in [6.45, 7) is 1.43. The molecule has 5 heteroatoms. The van der Waals surface area contributed by atoms with E-state index in [1.165, 1.54) is 12.1 Å². The van der Waals surface area contributed by atoms with Gasteiger partial charge in [-0.05, 0) is 42.0 Å². The van der Waals surface area contributed by atoms with E-state index < -0.39 is 0 Å². The second-order valence-electron chi connectivity index (χ2n) is 5.18. The Labute approximate surface area is 134 Å². The first-order valence-electron chi connectivity index (χ1n) is 7.44. The van der Waals surface area contributed by atoms with Crippen LogP contribution in [0.2, 0.25) is 0 Å². The topological polar surface area (TPSA) is 51.5 Å². The highest BCUT2D eigenvalue weighted by molar-refractivity contribution is 5.45. The van der Waals surface area contributed by atoms with Gasteiger partial charge in [-0.15, -0.1) is 0 Å². The molecule has 0 radical (unpaired) electrons. The third-order valence-corrected chi connectivity index (χ3v) is 3.61. The highest BCUT2D eigenvalue weighted by Crippen LogP contribution is 2.33. The van der Waals surface area contributed by atoms with Crippen LogP contribution in [0.25, 0.3) is 0 Å². The molecule has 23 heavy (non-hydrogen) atoms. The third kappa shape index (κ3) is 3.72. The van der Waals surface area contributed by atoms with E-state index in [0.29, 0.717) is 43.5 Å². The van der Waals surface area contributed by atoms with Crippen molar-refractivity contribution in [2.24, 2.45) is 0 Å². The van der Waals surface area contributed by atoms with Crippen LogP contribution in [0.3, 0.4) is 0 Å². The van der Waals surface area contributed by atoms with Crippen LogP contribution in [0.1, 0.15) is 17.9 Å². The summed E-state index contributed by atoms with van der Waals surface area (Å²) in [5, 5.41) is 9.39. The van der Waals surface area contributed by atoms with E-state index in [1.807, 2.05) is 18.2 Å². The Morgan fingerprint density at radius 1 is 1.09 bits per heavy atom. The van der Waals surface area contributed by atoms with Crippen molar-refractivity contribution in [1.82, 2.24) is 0 Å². The van der Waals surface area contributed by atoms with Crippen LogP contribution < -0.4 is 14.2 Å². The summed E-state index contributed by atoms with van der Waals surface area (Å²) in [5.74, 6) is 1.37. The molecule has 0 spiro atoms. The lowest BCUT2D eigenvalue weighted by Crippen LogP contribution is -2.15. The van der Waals surface area contributed by atoms with Crippen LogP contribution in [0.15, 0.2) is 42.5 Å². The first kappa shape index (κ1) is 15.2. The molecule has 2 aromatic rings. The molecule has 1 atom stereocenters. The number of nitrogens with zero attached hydrogens (tertiary/aromatic N) is 1. The Balaban J connectivity index is 1.61. The molecule has 1 unspecified atom stereocenters. The minimum atomic E-state index is -0.302. The fourth-order valence-electron chi connectivity index (χ4n) is 2.41. The number of hydrogen-bond donors (Lipinski definition) is 0. The number of fused-ring (bicyclic) bond motifs is 1. The Hall–Kier alpha value is -2.74. The zero-order valence-corrected chi connectivity index (χ0v) is 12.5. The van der Waals surface area contributed by atoms with Crippen LogP contribution >= 0.6 is 0 Å². The first-order valence-corrected chi connectivity index (χ1v) is 7.44. The molecule has 1 aliphatic rings. The van der Waals surface area contributed by atoms with Crippen molar-refractivity contribution in [2.75, 3.05) is 19.8 Å². The fourth-order valence-corrected chi connectivity index (χ4v) is 2.41. The third-order valence-electron chi connectivity index (χ3n) is 3.61. The molecule has 0 N–H and O–H groups in total. The molecule has 2 aromatic carbocycles. The Kier molecular flexibility index (Phi) is 4.62. The standard InChI is InChI=1S/C18H16FNO3/c19-15-2-4-16(5-3-15)21-8-7-14(12-20)13-1-6-17-18(11-13)23-10-9-22-17/h1-6,11,14H,7-10H2. The summed E-state index contributed by atoms with van der Waals surface area (Å²) in [5.41, 5.74) is 0.874. The second kappa shape index (κ2) is 7.01. The number of nitriles is 1. The molecule has 3 rings (SSSR count). The Morgan fingerprint density at radius 2 is 1.83 bits per heavy atom. The lowest BCUT2D eigenvalue weighted by atomic mass is 9.97. The van der Waals surface area contributed by atoms with Gasteiger partial charge in [0.25, 0.3) is 0 Å². The van der Waals surface area contributed by atoms with Crippen LogP contribution in [-0.4, -0.2) is 19.8 Å². The van der Waals surface area contributed by atoms with Crippen molar-refractivity contribution in [2.45, 2.75) is 12.3 Å². The zero-order valence-electron chi connectivity index (χ0n) is 12.5. The van der Waals surface area contributed by atoms with Crippen LogP contribution in [0.4, 0.5) is 4.39 Å². The van der Waals surface area contributed by atoms with Gasteiger partial charge in [-0.3, -0.25) is 0 Å². The largest absolute Gasteiger partial charge is 0.494 e. The highest BCUT2D eigenvalue weighted by atomic mass is 19.1. The molecule has 118 valence electrons. The maximum Gasteiger partial charge on any atom is 0.161 e. The lowest BCUT2D eigenvalue weighted by molar-refractivity contribution is 0.171. The average Bonchev–Trinajstić information content (AvgIpc) is 2.60. The molecule has 0 aromatic heterocycles. The summed E-state index contributed by atoms with van der Waals surface area (Å²) in [6, 6.07) is 13.7. The molecule has 0 saturated heterocycles. The monoisotopic (exact) mass is 313 g/mol. The summed E-state index contributed by atoms with van der Waals surface area (Å²) < 4.78 is 29.4. The normalized spacial score (nSPS) is 13.9. The van der Waals surface area contributed by atoms with E-state index >= 15 is 0 Å². The van der Waals surface area contributed by atoms with Gasteiger partial charge < -0.3 is 14.2 Å². The van der Waals surface area contributed by atoms with Gasteiger partial charge in [0.15, 0.2) is 11.5 Å². The predicted molar refractivity (Wildman–Crippen MR) is 82.3 cm³/mol. The quantitative estimate of drug-likeness (QED) is 0.845. The SMILES string of the molecule is N#CC(CCOc1ccc(F)cc1)c1ccc2c(c1)OCCO2. The van der Waals surface area contributed by atoms with E-state index in [9.17, 15) is 9.65 Å². The number of ether oxygens (including phenoxy) is 3. The van der Waals surface area contributed by atoms with E-state index in [2.05, 4.69) is 6.07 Å². The summed E-state index contributed by atoms with van der Waals surface area (Å²) in [4.78, 5) is 0. The van der Waals surface area contributed by atoms with Gasteiger partial charge in [0.1, 0.15) is 24.8 Å². The van der Waals surface area contributed by atoms with Gasteiger partial charge in [-0.25, -0.2) is 4.39 Å². The lowest BCUT2D eigenvalue weighted by Gasteiger charge is -2.20. The molecular weight excluding hydrogens is 297 g/mol. The summed E-state index contributed by atoms with van der Waals surface area (Å²) in [6.07, 6.45) is 0.535. The van der Waals surface area contributed by atoms with Crippen molar-refractivity contribution < 1.29 is 18.6 Å². The van der Waals surface area contributed by atoms with E-state index in [4.69, 9.17) is 14.2 Å². The van der Waals surface area contributed by atoms with Crippen molar-refractivity contribution in [1.29, 1.82) is 5.26 Å². The van der Waals surface area contributed by atoms with Gasteiger partial charge in [0.05, 0.1) is 18.6 Å². The smallest absolute Gasteiger partial charge is 0.161 e. The molecule has 1 heterocycles. The number of halogens is 1. The van der Waals surface area contributed by atoms with Crippen molar-refractivity contribution in [3.8, 4) is 23.3 Å². The van der Waals surface area contributed by atoms with Gasteiger partial charge in [0.2, 0.25) is 0 Å². The molecule has 4 nitrogen and oxygen atoms in total. The molecule has 0 saturated carbocycles. The minimum absolute atomic E-state index is 0.300. The number of rotatable bonds is 5. The van der Waals surface area contributed by atoms with E-state index in [1.54, 1.807) is 12.1 Å². The Morgan fingerprint density at radius 3 is 2.57 bits per heavy atom. The van der Waals surface area contributed by atoms with Crippen molar-refractivity contribution >= 4 is 0 Å². The predicted octanol–water partition coefficient (Wildman–Crippen LogP) is 3.67. The molecule has 0 aliphatic carbocycles. The summed E-state index contributed by atoms with van der Waals surface area (Å²) >= 11 is 0. The van der Waals surface area contributed by atoms with Crippen LogP contribution in [-0.2, 0) is 0 Å². The minimum Gasteiger partial charge on any atom is -0.494 e. The Bertz CT molecular complexity index is 709. The van der Waals surface area contributed by atoms with E-state index in [0.717, 1.165) is 5.56 Å². The molecule has 0 bridgehead atoms. The number of hydrogen-bond acceptors (Lipinski definition) is 4. The second-order valence-corrected chi connectivity index (χ2v) is 5.18. The highest BCUT2D eigenvalue weighted by Gasteiger charge is 2.17. The maximum atomic E-state index is 12.8. The maximum absolute atomic E-state index is 12.8. The van der Waals surface area contributed by atoms with Crippen molar-refractivity contribution in [3.63, 3.8) is 0 Å². The fraction of sp³-hybridized carbons (Fsp3) is 0.278. The molecule has 0 fully saturated rings. The first-order chi connectivity index (χ1) is 11.3. The van der Waals surface area contributed by atoms with Crippen molar-refractivity contribution in [3.05, 3.63) is 53.8 Å². The number of benzene rings is 2. The van der Waals surface area contributed by atoms with Gasteiger partial charge in [0, 0.05) is 6.42 Å². The molecule has 0 amide bonds. The van der Waals surface area contributed by atoms with Crippen LogP contribution in [0.5, 0.6) is 17.2 Å². The average molecular weight is 313 g/mol. The molecular formula is C18H16FNO3. The van der Waals surface area contributed by atoms with Crippen LogP contribution in [0, 0.1) is 17.1 Å². The van der Waals surface area contributed by atoms with Gasteiger partial charge >= 0.3 is 0 Å². The zero-order chi connectivity index (χ0) is 16.1. The molecule has 1 aliphatic heterocycles. The van der Waals surface area contributed by atoms with Gasteiger partial charge in [-0.2, -0.15) is 5.26 Å². The summed E-state index contributed by atoms with van der Waals surface area (Å²) in [7, 11) is 0.